The van der Waals surface area contributed by atoms with E-state index in [2.05, 4.69) is 32.3 Å². The molecule has 27 heavy (non-hydrogen) atoms. The quantitative estimate of drug-likeness (QED) is 0.696. The molecule has 0 atom stereocenters. The van der Waals surface area contributed by atoms with Crippen LogP contribution in [0.25, 0.3) is 0 Å². The summed E-state index contributed by atoms with van der Waals surface area (Å²) in [6, 6.07) is 18.1. The highest BCUT2D eigenvalue weighted by atomic mass is 16.1. The molecule has 5 heteroatoms. The summed E-state index contributed by atoms with van der Waals surface area (Å²) in [7, 11) is 0. The zero-order valence-electron chi connectivity index (χ0n) is 15.1. The maximum absolute atomic E-state index is 12.5. The molecule has 0 saturated heterocycles. The van der Waals surface area contributed by atoms with E-state index >= 15 is 0 Å². The van der Waals surface area contributed by atoms with E-state index in [1.54, 1.807) is 24.5 Å². The molecule has 1 aromatic carbocycles. The van der Waals surface area contributed by atoms with E-state index in [0.717, 1.165) is 30.0 Å². The van der Waals surface area contributed by atoms with Crippen LogP contribution >= 0.6 is 0 Å². The highest BCUT2D eigenvalue weighted by Gasteiger charge is 2.29. The van der Waals surface area contributed by atoms with Crippen molar-refractivity contribution in [2.75, 3.05) is 5.32 Å². The Balaban J connectivity index is 1.45. The predicted molar refractivity (Wildman–Crippen MR) is 105 cm³/mol. The van der Waals surface area contributed by atoms with Gasteiger partial charge in [0.25, 0.3) is 5.91 Å². The molecule has 1 amide bonds. The van der Waals surface area contributed by atoms with E-state index in [9.17, 15) is 4.79 Å². The van der Waals surface area contributed by atoms with Crippen LogP contribution < -0.4 is 5.32 Å². The Bertz CT molecular complexity index is 894. The molecule has 0 bridgehead atoms. The number of amides is 1. The van der Waals surface area contributed by atoms with Crippen LogP contribution in [0.15, 0.2) is 73.2 Å². The summed E-state index contributed by atoms with van der Waals surface area (Å²) in [6.45, 7) is 1.65. The van der Waals surface area contributed by atoms with Crippen LogP contribution in [0, 0.1) is 0 Å². The highest BCUT2D eigenvalue weighted by Crippen LogP contribution is 2.29. The summed E-state index contributed by atoms with van der Waals surface area (Å²) >= 11 is 0. The number of hydrogen-bond acceptors (Lipinski definition) is 4. The van der Waals surface area contributed by atoms with Gasteiger partial charge in [0.15, 0.2) is 0 Å². The lowest BCUT2D eigenvalue weighted by atomic mass is 10.1. The minimum Gasteiger partial charge on any atom is -0.322 e. The number of carbonyl (C=O) groups excluding carboxylic acids is 1. The van der Waals surface area contributed by atoms with E-state index in [1.165, 1.54) is 12.8 Å². The van der Waals surface area contributed by atoms with Crippen molar-refractivity contribution in [3.05, 3.63) is 90.0 Å². The molecule has 1 aliphatic rings. The number of benzene rings is 1. The van der Waals surface area contributed by atoms with Crippen LogP contribution in [0.1, 0.15) is 34.5 Å². The van der Waals surface area contributed by atoms with Crippen molar-refractivity contribution in [3.8, 4) is 0 Å². The molecular weight excluding hydrogens is 336 g/mol. The molecule has 5 nitrogen and oxygen atoms in total. The summed E-state index contributed by atoms with van der Waals surface area (Å²) in [5.41, 5.74) is 3.63. The summed E-state index contributed by atoms with van der Waals surface area (Å²) in [5.74, 6) is -0.106. The second-order valence-electron chi connectivity index (χ2n) is 6.85. The van der Waals surface area contributed by atoms with Gasteiger partial charge in [-0.3, -0.25) is 19.7 Å². The number of nitrogens with one attached hydrogen (secondary N) is 1. The molecule has 1 N–H and O–H groups in total. The molecule has 1 fully saturated rings. The zero-order chi connectivity index (χ0) is 18.5. The fourth-order valence-corrected chi connectivity index (χ4v) is 3.14. The van der Waals surface area contributed by atoms with Gasteiger partial charge < -0.3 is 5.32 Å². The van der Waals surface area contributed by atoms with Gasteiger partial charge in [-0.1, -0.05) is 18.2 Å². The van der Waals surface area contributed by atoms with Gasteiger partial charge in [0.1, 0.15) is 0 Å². The second-order valence-corrected chi connectivity index (χ2v) is 6.85. The largest absolute Gasteiger partial charge is 0.322 e. The molecule has 0 radical (unpaired) electrons. The first-order valence-electron chi connectivity index (χ1n) is 9.22. The number of nitrogens with zero attached hydrogens (tertiary/aromatic N) is 3. The molecule has 136 valence electrons. The topological polar surface area (TPSA) is 58.1 Å². The maximum Gasteiger partial charge on any atom is 0.255 e. The van der Waals surface area contributed by atoms with Crippen molar-refractivity contribution in [1.29, 1.82) is 0 Å². The van der Waals surface area contributed by atoms with Gasteiger partial charge in [0.05, 0.1) is 5.69 Å². The molecule has 1 saturated carbocycles. The Hall–Kier alpha value is -3.05. The van der Waals surface area contributed by atoms with Crippen LogP contribution in [-0.2, 0) is 13.1 Å². The number of pyridine rings is 2. The smallest absolute Gasteiger partial charge is 0.255 e. The van der Waals surface area contributed by atoms with E-state index < -0.39 is 0 Å². The fraction of sp³-hybridized carbons (Fsp3) is 0.227. The summed E-state index contributed by atoms with van der Waals surface area (Å²) in [6.07, 6.45) is 7.63. The van der Waals surface area contributed by atoms with Crippen molar-refractivity contribution in [3.63, 3.8) is 0 Å². The lowest BCUT2D eigenvalue weighted by Crippen LogP contribution is -2.25. The Kier molecular flexibility index (Phi) is 5.21. The predicted octanol–water partition coefficient (Wildman–Crippen LogP) is 3.89. The Labute approximate surface area is 159 Å². The molecule has 1 aliphatic carbocycles. The third kappa shape index (κ3) is 4.77. The molecular formula is C22H22N4O. The van der Waals surface area contributed by atoms with Gasteiger partial charge in [-0.15, -0.1) is 0 Å². The molecule has 0 spiro atoms. The third-order valence-corrected chi connectivity index (χ3v) is 4.67. The first kappa shape index (κ1) is 17.4. The maximum atomic E-state index is 12.5. The summed E-state index contributed by atoms with van der Waals surface area (Å²) in [5, 5.41) is 2.91. The van der Waals surface area contributed by atoms with Crippen molar-refractivity contribution >= 4 is 11.6 Å². The normalized spacial score (nSPS) is 13.5. The first-order chi connectivity index (χ1) is 13.3. The van der Waals surface area contributed by atoms with Crippen molar-refractivity contribution in [1.82, 2.24) is 14.9 Å². The number of carbonyl (C=O) groups is 1. The van der Waals surface area contributed by atoms with Crippen molar-refractivity contribution in [2.45, 2.75) is 32.0 Å². The molecule has 3 aromatic rings. The van der Waals surface area contributed by atoms with Gasteiger partial charge in [-0.25, -0.2) is 0 Å². The van der Waals surface area contributed by atoms with Crippen LogP contribution in [0.3, 0.4) is 0 Å². The average molecular weight is 358 g/mol. The monoisotopic (exact) mass is 358 g/mol. The molecule has 2 heterocycles. The number of aromatic nitrogens is 2. The van der Waals surface area contributed by atoms with Crippen LogP contribution in [0.4, 0.5) is 5.69 Å². The minimum atomic E-state index is -0.106. The first-order valence-corrected chi connectivity index (χ1v) is 9.22. The van der Waals surface area contributed by atoms with E-state index in [4.69, 9.17) is 0 Å². The van der Waals surface area contributed by atoms with Gasteiger partial charge in [0.2, 0.25) is 0 Å². The van der Waals surface area contributed by atoms with Crippen LogP contribution in [0.2, 0.25) is 0 Å². The number of rotatable bonds is 7. The lowest BCUT2D eigenvalue weighted by Gasteiger charge is -2.22. The van der Waals surface area contributed by atoms with Gasteiger partial charge in [-0.05, 0) is 54.8 Å². The molecule has 0 unspecified atom stereocenters. The Morgan fingerprint density at radius 1 is 1.00 bits per heavy atom. The Morgan fingerprint density at radius 2 is 1.85 bits per heavy atom. The molecule has 4 rings (SSSR count). The summed E-state index contributed by atoms with van der Waals surface area (Å²) < 4.78 is 0. The van der Waals surface area contributed by atoms with Crippen molar-refractivity contribution < 1.29 is 4.79 Å². The fourth-order valence-electron chi connectivity index (χ4n) is 3.14. The SMILES string of the molecule is O=C(Nc1ccncc1)c1cccc(CN(Cc2ccccn2)C2CC2)c1. The van der Waals surface area contributed by atoms with Crippen LogP contribution in [0.5, 0.6) is 0 Å². The highest BCUT2D eigenvalue weighted by molar-refractivity contribution is 6.04. The van der Waals surface area contributed by atoms with Gasteiger partial charge in [0, 0.05) is 49.0 Å². The third-order valence-electron chi connectivity index (χ3n) is 4.67. The number of anilines is 1. The van der Waals surface area contributed by atoms with Crippen LogP contribution in [-0.4, -0.2) is 26.8 Å². The second kappa shape index (κ2) is 8.10. The minimum absolute atomic E-state index is 0.106. The van der Waals surface area contributed by atoms with E-state index in [-0.39, 0.29) is 5.91 Å². The molecule has 2 aromatic heterocycles. The van der Waals surface area contributed by atoms with Crippen molar-refractivity contribution in [2.24, 2.45) is 0 Å². The van der Waals surface area contributed by atoms with Gasteiger partial charge in [-0.2, -0.15) is 0 Å². The summed E-state index contributed by atoms with van der Waals surface area (Å²) in [4.78, 5) is 23.4. The lowest BCUT2D eigenvalue weighted by molar-refractivity contribution is 0.102. The van der Waals surface area contributed by atoms with E-state index in [1.807, 2.05) is 36.5 Å². The van der Waals surface area contributed by atoms with Gasteiger partial charge >= 0.3 is 0 Å². The molecule has 0 aliphatic heterocycles. The van der Waals surface area contributed by atoms with E-state index in [0.29, 0.717) is 11.6 Å². The number of hydrogen-bond donors (Lipinski definition) is 1. The standard InChI is InChI=1S/C22H22N4O/c27-22(25-19-9-12-23-13-10-19)18-5-3-4-17(14-18)15-26(21-7-8-21)16-20-6-1-2-11-24-20/h1-6,9-14,21H,7-8,15-16H2,(H,23,25,27). The Morgan fingerprint density at radius 3 is 2.59 bits per heavy atom. The average Bonchev–Trinajstić information content (AvgIpc) is 3.55. The zero-order valence-corrected chi connectivity index (χ0v) is 15.1.